The number of hydrogen-bond donors (Lipinski definition) is 1. The molecular formula is C19H20FN3O. The average molecular weight is 325 g/mol. The number of halogens is 1. The molecule has 0 aliphatic carbocycles. The Hall–Kier alpha value is -2.69. The van der Waals surface area contributed by atoms with Gasteiger partial charge in [0.05, 0.1) is 0 Å². The summed E-state index contributed by atoms with van der Waals surface area (Å²) >= 11 is 0. The van der Waals surface area contributed by atoms with Crippen molar-refractivity contribution in [2.24, 2.45) is 0 Å². The normalized spacial score (nSPS) is 10.8. The Labute approximate surface area is 140 Å². The molecule has 0 unspecified atom stereocenters. The first-order valence-corrected chi connectivity index (χ1v) is 7.99. The monoisotopic (exact) mass is 325 g/mol. The van der Waals surface area contributed by atoms with Crippen molar-refractivity contribution in [2.75, 3.05) is 5.32 Å². The fraction of sp³-hybridized carbons (Fsp3) is 0.263. The van der Waals surface area contributed by atoms with Gasteiger partial charge >= 0.3 is 6.01 Å². The minimum Gasteiger partial charge on any atom is -0.403 e. The molecule has 3 aromatic rings. The first kappa shape index (κ1) is 16.2. The van der Waals surface area contributed by atoms with Gasteiger partial charge in [-0.25, -0.2) is 4.39 Å². The summed E-state index contributed by atoms with van der Waals surface area (Å²) in [6, 6.07) is 10.8. The van der Waals surface area contributed by atoms with Crippen LogP contribution in [0.3, 0.4) is 0 Å². The summed E-state index contributed by atoms with van der Waals surface area (Å²) in [7, 11) is 0. The van der Waals surface area contributed by atoms with E-state index in [1.165, 1.54) is 28.8 Å². The highest BCUT2D eigenvalue weighted by atomic mass is 19.1. The van der Waals surface area contributed by atoms with E-state index in [0.717, 1.165) is 17.5 Å². The molecule has 0 spiro atoms. The Morgan fingerprint density at radius 2 is 1.96 bits per heavy atom. The minimum absolute atomic E-state index is 0.261. The lowest BCUT2D eigenvalue weighted by molar-refractivity contribution is 0.579. The fourth-order valence-corrected chi connectivity index (χ4v) is 2.76. The number of aromatic nitrogens is 2. The van der Waals surface area contributed by atoms with Crippen LogP contribution in [0.5, 0.6) is 0 Å². The third-order valence-corrected chi connectivity index (χ3v) is 4.21. The predicted molar refractivity (Wildman–Crippen MR) is 92.3 cm³/mol. The highest BCUT2D eigenvalue weighted by Crippen LogP contribution is 2.28. The summed E-state index contributed by atoms with van der Waals surface area (Å²) in [5, 5.41) is 11.2. The number of benzene rings is 2. The second-order valence-electron chi connectivity index (χ2n) is 5.78. The highest BCUT2D eigenvalue weighted by molar-refractivity contribution is 5.62. The largest absolute Gasteiger partial charge is 0.403 e. The molecule has 0 aliphatic heterocycles. The maximum absolute atomic E-state index is 13.2. The van der Waals surface area contributed by atoms with Crippen LogP contribution in [0.4, 0.5) is 10.4 Å². The van der Waals surface area contributed by atoms with Gasteiger partial charge in [-0.05, 0) is 60.7 Å². The summed E-state index contributed by atoms with van der Waals surface area (Å²) in [6.07, 6.45) is 0.900. The summed E-state index contributed by atoms with van der Waals surface area (Å²) in [6.45, 7) is 6.74. The lowest BCUT2D eigenvalue weighted by Crippen LogP contribution is -1.99. The molecule has 0 fully saturated rings. The van der Waals surface area contributed by atoms with Gasteiger partial charge in [-0.15, -0.1) is 5.10 Å². The zero-order chi connectivity index (χ0) is 17.1. The van der Waals surface area contributed by atoms with E-state index in [-0.39, 0.29) is 5.82 Å². The highest BCUT2D eigenvalue weighted by Gasteiger charge is 2.14. The molecule has 24 heavy (non-hydrogen) atoms. The Kier molecular flexibility index (Phi) is 4.60. The van der Waals surface area contributed by atoms with Crippen LogP contribution >= 0.6 is 0 Å². The van der Waals surface area contributed by atoms with Gasteiger partial charge in [-0.1, -0.05) is 30.2 Å². The average Bonchev–Trinajstić information content (AvgIpc) is 3.04. The molecule has 0 saturated heterocycles. The Morgan fingerprint density at radius 3 is 2.71 bits per heavy atom. The molecule has 0 aliphatic rings. The standard InChI is InChI=1S/C19H20FN3O/c1-4-16-13(3)12(2)8-9-17(16)18-22-23-19(24-18)21-11-14-6-5-7-15(20)10-14/h5-10H,4,11H2,1-3H3,(H,21,23). The quantitative estimate of drug-likeness (QED) is 0.741. The van der Waals surface area contributed by atoms with Gasteiger partial charge in [0.1, 0.15) is 5.82 Å². The summed E-state index contributed by atoms with van der Waals surface area (Å²) in [4.78, 5) is 0. The van der Waals surface area contributed by atoms with Crippen molar-refractivity contribution in [3.05, 3.63) is 64.5 Å². The van der Waals surface area contributed by atoms with Gasteiger partial charge in [-0.2, -0.15) is 0 Å². The van der Waals surface area contributed by atoms with E-state index in [1.54, 1.807) is 6.07 Å². The first-order chi connectivity index (χ1) is 11.6. The third-order valence-electron chi connectivity index (χ3n) is 4.21. The van der Waals surface area contributed by atoms with Crippen molar-refractivity contribution in [1.82, 2.24) is 10.2 Å². The van der Waals surface area contributed by atoms with Crippen molar-refractivity contribution >= 4 is 6.01 Å². The van der Waals surface area contributed by atoms with Gasteiger partial charge in [0.15, 0.2) is 0 Å². The van der Waals surface area contributed by atoms with Crippen LogP contribution in [-0.2, 0) is 13.0 Å². The van der Waals surface area contributed by atoms with Crippen molar-refractivity contribution in [3.8, 4) is 11.5 Å². The molecule has 3 rings (SSSR count). The van der Waals surface area contributed by atoms with Gasteiger partial charge in [-0.3, -0.25) is 0 Å². The van der Waals surface area contributed by atoms with E-state index < -0.39 is 0 Å². The van der Waals surface area contributed by atoms with E-state index >= 15 is 0 Å². The molecule has 0 saturated carbocycles. The maximum Gasteiger partial charge on any atom is 0.316 e. The van der Waals surface area contributed by atoms with Crippen LogP contribution in [0.15, 0.2) is 40.8 Å². The molecule has 4 nitrogen and oxygen atoms in total. The van der Waals surface area contributed by atoms with Crippen molar-refractivity contribution in [1.29, 1.82) is 0 Å². The van der Waals surface area contributed by atoms with Crippen LogP contribution < -0.4 is 5.32 Å². The number of anilines is 1. The Bertz CT molecular complexity index is 858. The van der Waals surface area contributed by atoms with Gasteiger partial charge in [0.2, 0.25) is 5.89 Å². The first-order valence-electron chi connectivity index (χ1n) is 7.99. The summed E-state index contributed by atoms with van der Waals surface area (Å²) in [5.74, 6) is 0.236. The molecule has 5 heteroatoms. The number of hydrogen-bond acceptors (Lipinski definition) is 4. The van der Waals surface area contributed by atoms with Gasteiger partial charge < -0.3 is 9.73 Å². The minimum atomic E-state index is -0.261. The summed E-state index contributed by atoms with van der Waals surface area (Å²) < 4.78 is 18.9. The number of nitrogens with one attached hydrogen (secondary N) is 1. The molecule has 124 valence electrons. The van der Waals surface area contributed by atoms with E-state index in [9.17, 15) is 4.39 Å². The fourth-order valence-electron chi connectivity index (χ4n) is 2.76. The lowest BCUT2D eigenvalue weighted by atomic mass is 9.96. The van der Waals surface area contributed by atoms with Crippen LogP contribution in [0.1, 0.15) is 29.2 Å². The van der Waals surface area contributed by atoms with Crippen LogP contribution in [0.2, 0.25) is 0 Å². The number of nitrogens with zero attached hydrogens (tertiary/aromatic N) is 2. The lowest BCUT2D eigenvalue weighted by Gasteiger charge is -2.10. The van der Waals surface area contributed by atoms with E-state index in [4.69, 9.17) is 4.42 Å². The molecule has 0 amide bonds. The van der Waals surface area contributed by atoms with Crippen LogP contribution in [0, 0.1) is 19.7 Å². The van der Waals surface area contributed by atoms with Crippen molar-refractivity contribution in [2.45, 2.75) is 33.7 Å². The maximum atomic E-state index is 13.2. The third kappa shape index (κ3) is 3.30. The number of aryl methyl sites for hydroxylation is 1. The molecule has 1 N–H and O–H groups in total. The molecule has 0 atom stereocenters. The van der Waals surface area contributed by atoms with E-state index in [2.05, 4.69) is 42.4 Å². The van der Waals surface area contributed by atoms with Crippen molar-refractivity contribution < 1.29 is 8.81 Å². The Balaban J connectivity index is 1.80. The smallest absolute Gasteiger partial charge is 0.316 e. The van der Waals surface area contributed by atoms with E-state index in [0.29, 0.717) is 18.5 Å². The molecule has 0 bridgehead atoms. The van der Waals surface area contributed by atoms with Crippen molar-refractivity contribution in [3.63, 3.8) is 0 Å². The molecule has 2 aromatic carbocycles. The van der Waals surface area contributed by atoms with Gasteiger partial charge in [0.25, 0.3) is 0 Å². The summed E-state index contributed by atoms with van der Waals surface area (Å²) in [5.41, 5.74) is 5.50. The SMILES string of the molecule is CCc1c(-c2nnc(NCc3cccc(F)c3)o2)ccc(C)c1C. The second kappa shape index (κ2) is 6.83. The van der Waals surface area contributed by atoms with Gasteiger partial charge in [0, 0.05) is 12.1 Å². The topological polar surface area (TPSA) is 51.0 Å². The van der Waals surface area contributed by atoms with Crippen LogP contribution in [-0.4, -0.2) is 10.2 Å². The molecule has 1 aromatic heterocycles. The molecule has 1 heterocycles. The zero-order valence-electron chi connectivity index (χ0n) is 14.1. The number of rotatable bonds is 5. The van der Waals surface area contributed by atoms with E-state index in [1.807, 2.05) is 12.1 Å². The molecule has 0 radical (unpaired) electrons. The zero-order valence-corrected chi connectivity index (χ0v) is 14.1. The molecular weight excluding hydrogens is 305 g/mol. The predicted octanol–water partition coefficient (Wildman–Crippen LogP) is 4.67. The van der Waals surface area contributed by atoms with Crippen LogP contribution in [0.25, 0.3) is 11.5 Å². The second-order valence-corrected chi connectivity index (χ2v) is 5.78. The Morgan fingerprint density at radius 1 is 1.12 bits per heavy atom.